The second kappa shape index (κ2) is 12.2. The predicted octanol–water partition coefficient (Wildman–Crippen LogP) is 7.52. The molecule has 4 rings (SSSR count). The number of carbonyl (C=O) groups is 1. The number of H-pyrrole nitrogens is 1. The van der Waals surface area contributed by atoms with Crippen molar-refractivity contribution in [1.29, 1.82) is 0 Å². The Morgan fingerprint density at radius 3 is 2.38 bits per heavy atom. The van der Waals surface area contributed by atoms with Crippen LogP contribution < -0.4 is 10.6 Å². The fourth-order valence-electron chi connectivity index (χ4n) is 4.47. The van der Waals surface area contributed by atoms with Gasteiger partial charge in [0.15, 0.2) is 0 Å². The zero-order chi connectivity index (χ0) is 26.4. The first-order valence-corrected chi connectivity index (χ1v) is 13.3. The number of benzene rings is 2. The molecule has 0 saturated carbocycles. The van der Waals surface area contributed by atoms with Crippen molar-refractivity contribution in [3.05, 3.63) is 82.3 Å². The lowest BCUT2D eigenvalue weighted by Gasteiger charge is -2.21. The summed E-state index contributed by atoms with van der Waals surface area (Å²) in [5.41, 5.74) is 5.99. The van der Waals surface area contributed by atoms with Crippen LogP contribution in [0.1, 0.15) is 52.5 Å². The van der Waals surface area contributed by atoms with E-state index in [1.807, 2.05) is 48.7 Å². The number of likely N-dealkylation sites (tertiary alicyclic amines) is 1. The molecule has 7 heteroatoms. The van der Waals surface area contributed by atoms with Crippen LogP contribution in [0.3, 0.4) is 0 Å². The summed E-state index contributed by atoms with van der Waals surface area (Å²) in [7, 11) is 0. The number of nitrogens with one attached hydrogen (secondary N) is 3. The molecular weight excluding hydrogens is 482 g/mol. The zero-order valence-electron chi connectivity index (χ0n) is 22.1. The van der Waals surface area contributed by atoms with Gasteiger partial charge in [-0.25, -0.2) is 4.99 Å². The van der Waals surface area contributed by atoms with Gasteiger partial charge in [-0.15, -0.1) is 0 Å². The van der Waals surface area contributed by atoms with Gasteiger partial charge in [0.05, 0.1) is 6.42 Å². The second-order valence-electron chi connectivity index (χ2n) is 9.80. The van der Waals surface area contributed by atoms with Crippen LogP contribution in [-0.2, 0) is 11.2 Å². The SMILES string of the molecule is CCC(C)=C(/N=C(\C=C(C)C)Nc1ccc(NC(=O)Cc2c[nH]c3cc(Cl)ccc23)cc1)N1CCCC1. The van der Waals surface area contributed by atoms with Gasteiger partial charge < -0.3 is 20.5 Å². The third-order valence-corrected chi connectivity index (χ3v) is 6.73. The van der Waals surface area contributed by atoms with E-state index < -0.39 is 0 Å². The number of hydrogen-bond acceptors (Lipinski definition) is 3. The standard InChI is InChI=1S/C30H36ClN5O/c1-5-21(4)30(36-14-6-7-15-36)35-28(16-20(2)3)33-24-9-11-25(12-10-24)34-29(37)17-22-19-32-27-18-23(31)8-13-26(22)27/h8-13,16,18-19,32H,5-7,14-15,17H2,1-4H3,(H,33,35)(H,34,37). The van der Waals surface area contributed by atoms with Gasteiger partial charge in [0.25, 0.3) is 0 Å². The Bertz CT molecular complexity index is 1340. The van der Waals surface area contributed by atoms with E-state index >= 15 is 0 Å². The molecule has 194 valence electrons. The number of amides is 1. The average Bonchev–Trinajstić information content (AvgIpc) is 3.53. The Morgan fingerprint density at radius 2 is 1.73 bits per heavy atom. The summed E-state index contributed by atoms with van der Waals surface area (Å²) in [6.45, 7) is 10.6. The predicted molar refractivity (Wildman–Crippen MR) is 156 cm³/mol. The monoisotopic (exact) mass is 517 g/mol. The number of anilines is 2. The number of rotatable bonds is 8. The average molecular weight is 518 g/mol. The minimum absolute atomic E-state index is 0.0706. The molecule has 1 aliphatic heterocycles. The number of allylic oxidation sites excluding steroid dienone is 2. The van der Waals surface area contributed by atoms with Crippen LogP contribution in [0.4, 0.5) is 11.4 Å². The van der Waals surface area contributed by atoms with Gasteiger partial charge in [-0.1, -0.05) is 30.2 Å². The van der Waals surface area contributed by atoms with E-state index in [0.717, 1.165) is 59.0 Å². The summed E-state index contributed by atoms with van der Waals surface area (Å²) >= 11 is 6.07. The van der Waals surface area contributed by atoms with Crippen molar-refractivity contribution in [3.8, 4) is 0 Å². The van der Waals surface area contributed by atoms with Crippen molar-refractivity contribution in [2.75, 3.05) is 23.7 Å². The van der Waals surface area contributed by atoms with Crippen LogP contribution in [0.2, 0.25) is 5.02 Å². The highest BCUT2D eigenvalue weighted by Gasteiger charge is 2.17. The molecule has 37 heavy (non-hydrogen) atoms. The van der Waals surface area contributed by atoms with Crippen LogP contribution in [0.15, 0.2) is 76.7 Å². The maximum Gasteiger partial charge on any atom is 0.228 e. The Hall–Kier alpha value is -3.51. The van der Waals surface area contributed by atoms with E-state index in [4.69, 9.17) is 16.6 Å². The van der Waals surface area contributed by atoms with Crippen molar-refractivity contribution in [3.63, 3.8) is 0 Å². The van der Waals surface area contributed by atoms with E-state index in [-0.39, 0.29) is 12.3 Å². The Kier molecular flexibility index (Phi) is 8.72. The number of aliphatic imine (C=N–C) groups is 1. The highest BCUT2D eigenvalue weighted by atomic mass is 35.5. The molecule has 0 spiro atoms. The van der Waals surface area contributed by atoms with E-state index in [0.29, 0.717) is 5.02 Å². The van der Waals surface area contributed by atoms with E-state index in [1.54, 1.807) is 0 Å². The van der Waals surface area contributed by atoms with Crippen molar-refractivity contribution >= 4 is 45.6 Å². The molecule has 2 heterocycles. The summed E-state index contributed by atoms with van der Waals surface area (Å²) < 4.78 is 0. The van der Waals surface area contributed by atoms with Crippen molar-refractivity contribution in [2.24, 2.45) is 4.99 Å². The second-order valence-corrected chi connectivity index (χ2v) is 10.2. The molecule has 1 amide bonds. The summed E-state index contributed by atoms with van der Waals surface area (Å²) in [5, 5.41) is 8.14. The first kappa shape index (κ1) is 26.6. The molecule has 0 aliphatic carbocycles. The van der Waals surface area contributed by atoms with Gasteiger partial charge in [0.2, 0.25) is 5.91 Å². The Labute approximate surface area is 224 Å². The van der Waals surface area contributed by atoms with E-state index in [9.17, 15) is 4.79 Å². The number of hydrogen-bond donors (Lipinski definition) is 3. The number of aromatic amines is 1. The minimum Gasteiger partial charge on any atom is -0.361 e. The summed E-state index contributed by atoms with van der Waals surface area (Å²) in [4.78, 5) is 23.3. The maximum absolute atomic E-state index is 12.7. The first-order chi connectivity index (χ1) is 17.8. The quantitative estimate of drug-likeness (QED) is 0.214. The number of carbonyl (C=O) groups excluding carboxylic acids is 1. The third kappa shape index (κ3) is 7.04. The fraction of sp³-hybridized carbons (Fsp3) is 0.333. The minimum atomic E-state index is -0.0706. The van der Waals surface area contributed by atoms with Gasteiger partial charge in [0, 0.05) is 46.6 Å². The fourth-order valence-corrected chi connectivity index (χ4v) is 4.65. The number of halogens is 1. The van der Waals surface area contributed by atoms with Gasteiger partial charge >= 0.3 is 0 Å². The smallest absolute Gasteiger partial charge is 0.228 e. The van der Waals surface area contributed by atoms with Gasteiger partial charge in [0.1, 0.15) is 11.7 Å². The Balaban J connectivity index is 1.45. The molecule has 0 radical (unpaired) electrons. The third-order valence-electron chi connectivity index (χ3n) is 6.49. The van der Waals surface area contributed by atoms with Crippen LogP contribution in [0, 0.1) is 0 Å². The lowest BCUT2D eigenvalue weighted by Crippen LogP contribution is -2.21. The Morgan fingerprint density at radius 1 is 1.05 bits per heavy atom. The van der Waals surface area contributed by atoms with Crippen molar-refractivity contribution in [2.45, 2.75) is 53.4 Å². The van der Waals surface area contributed by atoms with Crippen LogP contribution in [-0.4, -0.2) is 34.7 Å². The topological polar surface area (TPSA) is 72.5 Å². The molecule has 0 atom stereocenters. The molecule has 2 aromatic carbocycles. The number of fused-ring (bicyclic) bond motifs is 1. The summed E-state index contributed by atoms with van der Waals surface area (Å²) in [5.74, 6) is 1.81. The molecule has 0 bridgehead atoms. The van der Waals surface area contributed by atoms with Gasteiger partial charge in [-0.2, -0.15) is 0 Å². The normalized spacial score (nSPS) is 14.5. The highest BCUT2D eigenvalue weighted by molar-refractivity contribution is 6.31. The number of aromatic nitrogens is 1. The van der Waals surface area contributed by atoms with E-state index in [1.165, 1.54) is 24.0 Å². The number of amidine groups is 1. The lowest BCUT2D eigenvalue weighted by molar-refractivity contribution is -0.115. The van der Waals surface area contributed by atoms with Crippen LogP contribution in [0.25, 0.3) is 10.9 Å². The van der Waals surface area contributed by atoms with Crippen LogP contribution >= 0.6 is 11.6 Å². The van der Waals surface area contributed by atoms with Crippen LogP contribution in [0.5, 0.6) is 0 Å². The largest absolute Gasteiger partial charge is 0.361 e. The molecule has 0 unspecified atom stereocenters. The summed E-state index contributed by atoms with van der Waals surface area (Å²) in [6.07, 6.45) is 7.61. The van der Waals surface area contributed by atoms with E-state index in [2.05, 4.69) is 54.3 Å². The number of nitrogens with zero attached hydrogens (tertiary/aromatic N) is 2. The van der Waals surface area contributed by atoms with Gasteiger partial charge in [-0.05, 0) is 93.6 Å². The molecule has 1 aromatic heterocycles. The van der Waals surface area contributed by atoms with Crippen molar-refractivity contribution < 1.29 is 4.79 Å². The molecule has 1 fully saturated rings. The zero-order valence-corrected chi connectivity index (χ0v) is 22.9. The molecular formula is C30H36ClN5O. The molecule has 3 N–H and O–H groups in total. The van der Waals surface area contributed by atoms with Crippen molar-refractivity contribution in [1.82, 2.24) is 9.88 Å². The molecule has 3 aromatic rings. The first-order valence-electron chi connectivity index (χ1n) is 12.9. The van der Waals surface area contributed by atoms with Gasteiger partial charge in [-0.3, -0.25) is 4.79 Å². The highest BCUT2D eigenvalue weighted by Crippen LogP contribution is 2.24. The maximum atomic E-state index is 12.7. The summed E-state index contributed by atoms with van der Waals surface area (Å²) in [6, 6.07) is 13.4. The molecule has 6 nitrogen and oxygen atoms in total. The lowest BCUT2D eigenvalue weighted by atomic mass is 10.1. The molecule has 1 aliphatic rings. The molecule has 1 saturated heterocycles.